The van der Waals surface area contributed by atoms with Crippen LogP contribution in [-0.4, -0.2) is 70.4 Å². The van der Waals surface area contributed by atoms with E-state index in [1.807, 2.05) is 28.8 Å². The van der Waals surface area contributed by atoms with Crippen molar-refractivity contribution in [1.29, 1.82) is 0 Å². The second kappa shape index (κ2) is 7.14. The Bertz CT molecular complexity index is 726. The molecule has 2 aromatic rings. The summed E-state index contributed by atoms with van der Waals surface area (Å²) in [6.45, 7) is 4.70. The molecule has 4 rings (SSSR count). The first-order chi connectivity index (χ1) is 12.2. The summed E-state index contributed by atoms with van der Waals surface area (Å²) in [5.74, 6) is -0.0493. The number of aromatic nitrogens is 2. The van der Waals surface area contributed by atoms with Crippen LogP contribution >= 0.6 is 0 Å². The van der Waals surface area contributed by atoms with Gasteiger partial charge in [0.25, 0.3) is 5.91 Å². The van der Waals surface area contributed by atoms with E-state index in [0.29, 0.717) is 11.7 Å². The van der Waals surface area contributed by atoms with Crippen LogP contribution in [0.4, 0.5) is 0 Å². The van der Waals surface area contributed by atoms with Gasteiger partial charge < -0.3 is 14.6 Å². The molecule has 0 atom stereocenters. The van der Waals surface area contributed by atoms with Gasteiger partial charge >= 0.3 is 0 Å². The average molecular weight is 341 g/mol. The first-order valence-corrected chi connectivity index (χ1v) is 9.35. The van der Waals surface area contributed by atoms with Gasteiger partial charge in [0.2, 0.25) is 0 Å². The smallest absolute Gasteiger partial charge is 0.270 e. The molecular formula is C19H27N5O. The fourth-order valence-electron chi connectivity index (χ4n) is 4.09. The van der Waals surface area contributed by atoms with E-state index >= 15 is 0 Å². The maximum absolute atomic E-state index is 12.5. The molecule has 6 heteroatoms. The maximum atomic E-state index is 12.5. The number of nitrogens with one attached hydrogen (secondary N) is 1. The summed E-state index contributed by atoms with van der Waals surface area (Å²) in [5, 5.41) is 3.19. The van der Waals surface area contributed by atoms with Crippen LogP contribution in [0.2, 0.25) is 0 Å². The van der Waals surface area contributed by atoms with Crippen LogP contribution in [0.5, 0.6) is 0 Å². The summed E-state index contributed by atoms with van der Waals surface area (Å²) in [6.07, 6.45) is 8.13. The summed E-state index contributed by atoms with van der Waals surface area (Å²) < 4.78 is 1.91. The highest BCUT2D eigenvalue weighted by molar-refractivity contribution is 5.93. The van der Waals surface area contributed by atoms with E-state index in [-0.39, 0.29) is 11.9 Å². The minimum atomic E-state index is -0.0493. The van der Waals surface area contributed by atoms with Crippen LogP contribution in [0.25, 0.3) is 5.52 Å². The van der Waals surface area contributed by atoms with Crippen LogP contribution in [0.1, 0.15) is 36.2 Å². The summed E-state index contributed by atoms with van der Waals surface area (Å²) in [5.41, 5.74) is 1.51. The molecule has 2 fully saturated rings. The lowest BCUT2D eigenvalue weighted by Crippen LogP contribution is -2.51. The molecule has 1 N–H and O–H groups in total. The van der Waals surface area contributed by atoms with Crippen LogP contribution in [0.3, 0.4) is 0 Å². The Labute approximate surface area is 148 Å². The number of carbonyl (C=O) groups is 1. The van der Waals surface area contributed by atoms with Crippen molar-refractivity contribution in [2.75, 3.05) is 33.2 Å². The normalized spacial score (nSPS) is 26.0. The Morgan fingerprint density at radius 1 is 1.16 bits per heavy atom. The molecule has 1 saturated carbocycles. The predicted molar refractivity (Wildman–Crippen MR) is 97.8 cm³/mol. The third-order valence-corrected chi connectivity index (χ3v) is 5.74. The molecule has 3 heterocycles. The molecular weight excluding hydrogens is 314 g/mol. The van der Waals surface area contributed by atoms with Gasteiger partial charge in [-0.1, -0.05) is 0 Å². The molecule has 25 heavy (non-hydrogen) atoms. The van der Waals surface area contributed by atoms with Gasteiger partial charge in [-0.3, -0.25) is 9.69 Å². The highest BCUT2D eigenvalue weighted by Gasteiger charge is 2.28. The highest BCUT2D eigenvalue weighted by Crippen LogP contribution is 2.24. The van der Waals surface area contributed by atoms with Gasteiger partial charge in [-0.05, 0) is 50.9 Å². The lowest BCUT2D eigenvalue weighted by Gasteiger charge is -2.41. The summed E-state index contributed by atoms with van der Waals surface area (Å²) >= 11 is 0. The summed E-state index contributed by atoms with van der Waals surface area (Å²) in [4.78, 5) is 21.8. The topological polar surface area (TPSA) is 52.9 Å². The molecule has 0 radical (unpaired) electrons. The van der Waals surface area contributed by atoms with Crippen LogP contribution in [0, 0.1) is 0 Å². The van der Waals surface area contributed by atoms with Crippen molar-refractivity contribution >= 4 is 11.4 Å². The quantitative estimate of drug-likeness (QED) is 0.922. The largest absolute Gasteiger partial charge is 0.348 e. The van der Waals surface area contributed by atoms with E-state index in [1.54, 1.807) is 6.33 Å². The fraction of sp³-hybridized carbons (Fsp3) is 0.579. The molecule has 0 bridgehead atoms. The molecule has 1 aliphatic carbocycles. The molecule has 1 saturated heterocycles. The zero-order valence-corrected chi connectivity index (χ0v) is 14.9. The number of piperazine rings is 1. The van der Waals surface area contributed by atoms with Gasteiger partial charge in [0.05, 0.1) is 6.33 Å². The predicted octanol–water partition coefficient (Wildman–Crippen LogP) is 1.62. The minimum Gasteiger partial charge on any atom is -0.348 e. The Hall–Kier alpha value is -1.92. The number of carbonyl (C=O) groups excluding carboxylic acids is 1. The van der Waals surface area contributed by atoms with Crippen molar-refractivity contribution in [3.63, 3.8) is 0 Å². The number of hydrogen-bond acceptors (Lipinski definition) is 4. The molecule has 134 valence electrons. The number of amides is 1. The monoisotopic (exact) mass is 341 g/mol. The van der Waals surface area contributed by atoms with Crippen molar-refractivity contribution in [3.8, 4) is 0 Å². The van der Waals surface area contributed by atoms with Crippen molar-refractivity contribution < 1.29 is 4.79 Å². The molecule has 6 nitrogen and oxygen atoms in total. The van der Waals surface area contributed by atoms with Gasteiger partial charge in [-0.2, -0.15) is 0 Å². The zero-order valence-electron chi connectivity index (χ0n) is 14.9. The van der Waals surface area contributed by atoms with Crippen LogP contribution in [-0.2, 0) is 0 Å². The van der Waals surface area contributed by atoms with E-state index in [2.05, 4.69) is 27.1 Å². The van der Waals surface area contributed by atoms with Gasteiger partial charge in [0, 0.05) is 50.0 Å². The lowest BCUT2D eigenvalue weighted by molar-refractivity contribution is 0.0788. The maximum Gasteiger partial charge on any atom is 0.270 e. The van der Waals surface area contributed by atoms with Crippen molar-refractivity contribution in [3.05, 3.63) is 36.4 Å². The molecule has 0 spiro atoms. The molecule has 1 aliphatic heterocycles. The molecule has 2 aromatic heterocycles. The minimum absolute atomic E-state index is 0.0493. The Kier molecular flexibility index (Phi) is 4.72. The van der Waals surface area contributed by atoms with Crippen molar-refractivity contribution in [2.24, 2.45) is 0 Å². The Morgan fingerprint density at radius 2 is 1.92 bits per heavy atom. The number of rotatable bonds is 3. The number of likely N-dealkylation sites (N-methyl/N-ethyl adjacent to an activating group) is 1. The lowest BCUT2D eigenvalue weighted by atomic mass is 9.89. The highest BCUT2D eigenvalue weighted by atomic mass is 16.1. The third-order valence-electron chi connectivity index (χ3n) is 5.74. The van der Waals surface area contributed by atoms with E-state index in [9.17, 15) is 4.79 Å². The van der Waals surface area contributed by atoms with Crippen molar-refractivity contribution in [1.82, 2.24) is 24.5 Å². The third kappa shape index (κ3) is 3.70. The van der Waals surface area contributed by atoms with Crippen LogP contribution in [0.15, 0.2) is 30.7 Å². The number of nitrogens with zero attached hydrogens (tertiary/aromatic N) is 4. The van der Waals surface area contributed by atoms with Gasteiger partial charge in [-0.25, -0.2) is 4.98 Å². The second-order valence-electron chi connectivity index (χ2n) is 7.43. The standard InChI is InChI=1S/C19H27N5O/c1-22-9-11-23(12-10-22)16-6-4-15(5-7-16)21-19(25)18-13-17-3-2-8-24(17)14-20-18/h2-3,8,13-16H,4-7,9-12H2,1H3,(H,21,25). The molecule has 1 amide bonds. The fourth-order valence-corrected chi connectivity index (χ4v) is 4.09. The molecule has 2 aliphatic rings. The second-order valence-corrected chi connectivity index (χ2v) is 7.43. The van der Waals surface area contributed by atoms with E-state index in [0.717, 1.165) is 18.4 Å². The summed E-state index contributed by atoms with van der Waals surface area (Å²) in [6, 6.07) is 6.77. The molecule has 0 unspecified atom stereocenters. The Morgan fingerprint density at radius 3 is 2.68 bits per heavy atom. The summed E-state index contributed by atoms with van der Waals surface area (Å²) in [7, 11) is 2.20. The number of fused-ring (bicyclic) bond motifs is 1. The average Bonchev–Trinajstić information content (AvgIpc) is 3.11. The van der Waals surface area contributed by atoms with E-state index in [4.69, 9.17) is 0 Å². The van der Waals surface area contributed by atoms with E-state index < -0.39 is 0 Å². The molecule has 0 aromatic carbocycles. The van der Waals surface area contributed by atoms with Gasteiger partial charge in [-0.15, -0.1) is 0 Å². The van der Waals surface area contributed by atoms with Crippen LogP contribution < -0.4 is 5.32 Å². The first-order valence-electron chi connectivity index (χ1n) is 9.35. The first kappa shape index (κ1) is 16.5. The van der Waals surface area contributed by atoms with Gasteiger partial charge in [0.1, 0.15) is 5.69 Å². The number of hydrogen-bond donors (Lipinski definition) is 1. The zero-order chi connectivity index (χ0) is 17.2. The SMILES string of the molecule is CN1CCN(C2CCC(NC(=O)c3cc4cccn4cn3)CC2)CC1. The van der Waals surface area contributed by atoms with E-state index in [1.165, 1.54) is 39.0 Å². The van der Waals surface area contributed by atoms with Crippen molar-refractivity contribution in [2.45, 2.75) is 37.8 Å². The Balaban J connectivity index is 1.30. The van der Waals surface area contributed by atoms with Gasteiger partial charge in [0.15, 0.2) is 0 Å².